The highest BCUT2D eigenvalue weighted by atomic mass is 32.2. The lowest BCUT2D eigenvalue weighted by Gasteiger charge is -2.45. The van der Waals surface area contributed by atoms with Crippen molar-refractivity contribution in [3.05, 3.63) is 53.3 Å². The number of halogens is 1. The van der Waals surface area contributed by atoms with E-state index in [1.165, 1.54) is 30.2 Å². The highest BCUT2D eigenvalue weighted by Gasteiger charge is 2.44. The SMILES string of the molecule is COc1cc(F)c(S(=O)(=O)N2C[C@H]3CC[C@H]2c2ccccc23)cc1OC. The molecule has 2 aromatic rings. The van der Waals surface area contributed by atoms with Gasteiger partial charge in [-0.1, -0.05) is 24.3 Å². The minimum Gasteiger partial charge on any atom is -0.493 e. The van der Waals surface area contributed by atoms with Crippen LogP contribution in [-0.2, 0) is 10.0 Å². The minimum atomic E-state index is -4.00. The highest BCUT2D eigenvalue weighted by Crippen LogP contribution is 2.49. The first-order valence-electron chi connectivity index (χ1n) is 8.49. The summed E-state index contributed by atoms with van der Waals surface area (Å²) in [6.07, 6.45) is 1.69. The molecule has 2 atom stereocenters. The van der Waals surface area contributed by atoms with Crippen LogP contribution in [0.3, 0.4) is 0 Å². The molecule has 1 fully saturated rings. The second kappa shape index (κ2) is 6.25. The maximum atomic E-state index is 14.6. The molecule has 0 saturated carbocycles. The quantitative estimate of drug-likeness (QED) is 0.819. The van der Waals surface area contributed by atoms with Gasteiger partial charge in [0.15, 0.2) is 11.5 Å². The monoisotopic (exact) mass is 377 g/mol. The van der Waals surface area contributed by atoms with Crippen molar-refractivity contribution in [2.75, 3.05) is 20.8 Å². The third-order valence-corrected chi connectivity index (χ3v) is 7.25. The Morgan fingerprint density at radius 3 is 2.38 bits per heavy atom. The van der Waals surface area contributed by atoms with Gasteiger partial charge in [-0.3, -0.25) is 0 Å². The molecule has 2 bridgehead atoms. The topological polar surface area (TPSA) is 55.8 Å². The summed E-state index contributed by atoms with van der Waals surface area (Å²) in [6.45, 7) is 0.373. The molecule has 5 rings (SSSR count). The second-order valence-electron chi connectivity index (χ2n) is 6.63. The molecule has 0 amide bonds. The first-order valence-corrected chi connectivity index (χ1v) is 9.93. The standard InChI is InChI=1S/C19H20FNO4S/c1-24-17-9-15(20)19(10-18(17)25-2)26(22,23)21-11-12-7-8-16(21)14-6-4-3-5-13(12)14/h3-6,9-10,12,16H,7-8,11H2,1-2H3/t12-,16+/m1/s1. The van der Waals surface area contributed by atoms with E-state index in [4.69, 9.17) is 9.47 Å². The third kappa shape index (κ3) is 2.49. The Kier molecular flexibility index (Phi) is 4.16. The largest absolute Gasteiger partial charge is 0.493 e. The van der Waals surface area contributed by atoms with Crippen LogP contribution in [0.25, 0.3) is 0 Å². The smallest absolute Gasteiger partial charge is 0.246 e. The molecule has 1 saturated heterocycles. The van der Waals surface area contributed by atoms with E-state index < -0.39 is 15.8 Å². The normalized spacial score (nSPS) is 22.1. The van der Waals surface area contributed by atoms with Gasteiger partial charge in [0.25, 0.3) is 0 Å². The van der Waals surface area contributed by atoms with Crippen molar-refractivity contribution in [1.29, 1.82) is 0 Å². The maximum Gasteiger partial charge on any atom is 0.246 e. The number of hydrogen-bond acceptors (Lipinski definition) is 4. The molecular formula is C19H20FNO4S. The van der Waals surface area contributed by atoms with E-state index in [-0.39, 0.29) is 28.4 Å². The number of benzene rings is 2. The molecule has 5 nitrogen and oxygen atoms in total. The van der Waals surface area contributed by atoms with Crippen LogP contribution in [0.15, 0.2) is 41.3 Å². The van der Waals surface area contributed by atoms with Crippen LogP contribution in [0.2, 0.25) is 0 Å². The fraction of sp³-hybridized carbons (Fsp3) is 0.368. The molecule has 2 aromatic carbocycles. The molecule has 0 radical (unpaired) electrons. The van der Waals surface area contributed by atoms with Crippen LogP contribution in [0.5, 0.6) is 11.5 Å². The van der Waals surface area contributed by atoms with Gasteiger partial charge in [-0.25, -0.2) is 12.8 Å². The summed E-state index contributed by atoms with van der Waals surface area (Å²) in [4.78, 5) is -0.375. The molecule has 3 aliphatic rings. The molecule has 2 aliphatic heterocycles. The molecule has 2 heterocycles. The van der Waals surface area contributed by atoms with Crippen LogP contribution in [0.1, 0.15) is 35.9 Å². The number of piperidine rings is 1. The molecule has 138 valence electrons. The van der Waals surface area contributed by atoms with E-state index in [2.05, 4.69) is 6.07 Å². The molecule has 7 heteroatoms. The summed E-state index contributed by atoms with van der Waals surface area (Å²) in [7, 11) is -1.23. The van der Waals surface area contributed by atoms with Crippen molar-refractivity contribution in [1.82, 2.24) is 4.31 Å². The number of rotatable bonds is 4. The van der Waals surface area contributed by atoms with Crippen molar-refractivity contribution in [2.45, 2.75) is 29.7 Å². The summed E-state index contributed by atoms with van der Waals surface area (Å²) in [5.41, 5.74) is 2.24. The van der Waals surface area contributed by atoms with Gasteiger partial charge < -0.3 is 9.47 Å². The number of sulfonamides is 1. The lowest BCUT2D eigenvalue weighted by molar-refractivity contribution is 0.206. The van der Waals surface area contributed by atoms with E-state index in [0.29, 0.717) is 6.54 Å². The van der Waals surface area contributed by atoms with Crippen molar-refractivity contribution in [3.63, 3.8) is 0 Å². The lowest BCUT2D eigenvalue weighted by atomic mass is 9.76. The van der Waals surface area contributed by atoms with Gasteiger partial charge in [-0.2, -0.15) is 4.31 Å². The van der Waals surface area contributed by atoms with E-state index in [0.717, 1.165) is 24.5 Å². The molecular weight excluding hydrogens is 357 g/mol. The Morgan fingerprint density at radius 1 is 1.04 bits per heavy atom. The summed E-state index contributed by atoms with van der Waals surface area (Å²) < 4.78 is 52.8. The minimum absolute atomic E-state index is 0.147. The summed E-state index contributed by atoms with van der Waals surface area (Å²) in [5, 5.41) is 0. The lowest BCUT2D eigenvalue weighted by Crippen LogP contribution is -2.45. The van der Waals surface area contributed by atoms with Gasteiger partial charge in [0, 0.05) is 18.7 Å². The zero-order valence-electron chi connectivity index (χ0n) is 14.6. The third-order valence-electron chi connectivity index (χ3n) is 5.36. The molecule has 26 heavy (non-hydrogen) atoms. The molecule has 1 aliphatic carbocycles. The number of methoxy groups -OCH3 is 2. The highest BCUT2D eigenvalue weighted by molar-refractivity contribution is 7.89. The van der Waals surface area contributed by atoms with Gasteiger partial charge in [0.2, 0.25) is 10.0 Å². The first kappa shape index (κ1) is 17.3. The number of fused-ring (bicyclic) bond motifs is 2. The number of ether oxygens (including phenoxy) is 2. The fourth-order valence-electron chi connectivity index (χ4n) is 4.11. The van der Waals surface area contributed by atoms with Crippen LogP contribution >= 0.6 is 0 Å². The molecule has 0 spiro atoms. The van der Waals surface area contributed by atoms with E-state index >= 15 is 0 Å². The zero-order valence-corrected chi connectivity index (χ0v) is 15.4. The van der Waals surface area contributed by atoms with Crippen molar-refractivity contribution < 1.29 is 22.3 Å². The van der Waals surface area contributed by atoms with Crippen molar-refractivity contribution in [2.24, 2.45) is 0 Å². The Bertz CT molecular complexity index is 960. The summed E-state index contributed by atoms with van der Waals surface area (Å²) in [6, 6.07) is 9.94. The Balaban J connectivity index is 1.80. The predicted octanol–water partition coefficient (Wildman–Crippen LogP) is 3.47. The Hall–Kier alpha value is -2.12. The van der Waals surface area contributed by atoms with Gasteiger partial charge in [-0.05, 0) is 29.9 Å². The maximum absolute atomic E-state index is 14.6. The van der Waals surface area contributed by atoms with Crippen LogP contribution in [0, 0.1) is 5.82 Å². The molecule has 0 N–H and O–H groups in total. The van der Waals surface area contributed by atoms with E-state index in [9.17, 15) is 12.8 Å². The average molecular weight is 377 g/mol. The fourth-order valence-corrected chi connectivity index (χ4v) is 5.86. The zero-order chi connectivity index (χ0) is 18.5. The summed E-state index contributed by atoms with van der Waals surface area (Å²) >= 11 is 0. The Labute approximate surface area is 152 Å². The van der Waals surface area contributed by atoms with Crippen LogP contribution < -0.4 is 9.47 Å². The predicted molar refractivity (Wildman–Crippen MR) is 94.6 cm³/mol. The molecule has 0 unspecified atom stereocenters. The van der Waals surface area contributed by atoms with Gasteiger partial charge >= 0.3 is 0 Å². The Morgan fingerprint density at radius 2 is 1.69 bits per heavy atom. The van der Waals surface area contributed by atoms with Gasteiger partial charge in [0.05, 0.1) is 20.3 Å². The number of hydrogen-bond donors (Lipinski definition) is 0. The van der Waals surface area contributed by atoms with E-state index in [1.54, 1.807) is 0 Å². The van der Waals surface area contributed by atoms with Gasteiger partial charge in [-0.15, -0.1) is 0 Å². The average Bonchev–Trinajstić information content (AvgIpc) is 2.68. The van der Waals surface area contributed by atoms with Crippen molar-refractivity contribution >= 4 is 10.0 Å². The van der Waals surface area contributed by atoms with Crippen LogP contribution in [0.4, 0.5) is 4.39 Å². The van der Waals surface area contributed by atoms with E-state index in [1.807, 2.05) is 18.2 Å². The van der Waals surface area contributed by atoms with Crippen molar-refractivity contribution in [3.8, 4) is 11.5 Å². The first-order chi connectivity index (χ1) is 12.5. The van der Waals surface area contributed by atoms with Crippen LogP contribution in [-0.4, -0.2) is 33.5 Å². The second-order valence-corrected chi connectivity index (χ2v) is 8.49. The summed E-state index contributed by atoms with van der Waals surface area (Å²) in [5.74, 6) is -0.337. The van der Waals surface area contributed by atoms with Gasteiger partial charge in [0.1, 0.15) is 10.7 Å². The molecule has 0 aromatic heterocycles. The number of nitrogens with zero attached hydrogens (tertiary/aromatic N) is 1.